The highest BCUT2D eigenvalue weighted by molar-refractivity contribution is 9.10. The number of pyridine rings is 1. The first-order valence-corrected chi connectivity index (χ1v) is 12.4. The topological polar surface area (TPSA) is 69.1 Å². The van der Waals surface area contributed by atoms with Crippen LogP contribution < -0.4 is 4.90 Å². The first-order chi connectivity index (χ1) is 15.9. The molecule has 4 fully saturated rings. The Morgan fingerprint density at radius 3 is 2.61 bits per heavy atom. The van der Waals surface area contributed by atoms with Crippen molar-refractivity contribution >= 4 is 21.7 Å². The second-order valence-corrected chi connectivity index (χ2v) is 10.3. The molecular formula is C26H30BrN3O3. The number of aliphatic hydroxyl groups excluding tert-OH is 1. The van der Waals surface area contributed by atoms with Crippen molar-refractivity contribution in [3.05, 3.63) is 57.7 Å². The van der Waals surface area contributed by atoms with Crippen LogP contribution in [0, 0.1) is 17.8 Å². The van der Waals surface area contributed by atoms with Crippen LogP contribution in [-0.4, -0.2) is 77.7 Å². The Balaban J connectivity index is 1.50. The number of fused-ring (bicyclic) bond motifs is 3. The van der Waals surface area contributed by atoms with Gasteiger partial charge in [0.15, 0.2) is 0 Å². The highest BCUT2D eigenvalue weighted by atomic mass is 79.9. The zero-order valence-electron chi connectivity index (χ0n) is 18.9. The molecule has 5 heterocycles. The lowest BCUT2D eigenvalue weighted by Gasteiger charge is -2.47. The van der Waals surface area contributed by atoms with Gasteiger partial charge in [-0.05, 0) is 53.5 Å². The van der Waals surface area contributed by atoms with Gasteiger partial charge in [0.1, 0.15) is 17.5 Å². The molecule has 4 aliphatic rings. The molecule has 6 nitrogen and oxygen atoms in total. The average Bonchev–Trinajstić information content (AvgIpc) is 3.20. The van der Waals surface area contributed by atoms with E-state index in [0.717, 1.165) is 53.0 Å². The molecule has 2 N–H and O–H groups in total. The van der Waals surface area contributed by atoms with E-state index in [4.69, 9.17) is 9.72 Å². The van der Waals surface area contributed by atoms with Crippen LogP contribution in [-0.2, 0) is 11.2 Å². The Morgan fingerprint density at radius 1 is 1.21 bits per heavy atom. The number of rotatable bonds is 4. The summed E-state index contributed by atoms with van der Waals surface area (Å²) in [5.41, 5.74) is 1.88. The number of methoxy groups -OCH3 is 1. The van der Waals surface area contributed by atoms with E-state index in [2.05, 4.69) is 49.7 Å². The molecule has 7 heteroatoms. The third-order valence-corrected chi connectivity index (χ3v) is 7.81. The average molecular weight is 512 g/mol. The zero-order chi connectivity index (χ0) is 23.0. The minimum atomic E-state index is -0.962. The molecule has 0 unspecified atom stereocenters. The molecule has 0 saturated carbocycles. The smallest absolute Gasteiger partial charge is 0.143 e. The van der Waals surface area contributed by atoms with Gasteiger partial charge in [-0.3, -0.25) is 4.90 Å². The Hall–Kier alpha value is -1.95. The molecule has 33 heavy (non-hydrogen) atoms. The fraction of sp³-hybridized carbons (Fsp3) is 0.500. The summed E-state index contributed by atoms with van der Waals surface area (Å²) in [7, 11) is 1.62. The maximum absolute atomic E-state index is 11.3. The van der Waals surface area contributed by atoms with Crippen LogP contribution in [0.25, 0.3) is 0 Å². The Kier molecular flexibility index (Phi) is 6.47. The fourth-order valence-electron chi connectivity index (χ4n) is 5.29. The number of anilines is 1. The van der Waals surface area contributed by atoms with Crippen molar-refractivity contribution < 1.29 is 14.9 Å². The van der Waals surface area contributed by atoms with Crippen LogP contribution in [0.2, 0.25) is 0 Å². The van der Waals surface area contributed by atoms with Crippen molar-refractivity contribution in [2.75, 3.05) is 44.7 Å². The van der Waals surface area contributed by atoms with Crippen molar-refractivity contribution in [1.29, 1.82) is 0 Å². The number of β-amino-alcohol motifs (C(OH)–C–C–N with tert-alkyl or cyclic N) is 1. The van der Waals surface area contributed by atoms with Crippen molar-refractivity contribution in [3.63, 3.8) is 0 Å². The van der Waals surface area contributed by atoms with Crippen LogP contribution >= 0.6 is 15.9 Å². The number of piperidine rings is 3. The normalized spacial score (nSPS) is 30.8. The SMILES string of the molecule is CO[C@@H]1CN(c2nc(Cc3ccccc3)c(C#C[C@@]3(O)CN4CCC3CC4)cc2Br)C[C@H]1O. The van der Waals surface area contributed by atoms with E-state index in [1.165, 1.54) is 0 Å². The number of nitrogens with zero attached hydrogens (tertiary/aromatic N) is 3. The van der Waals surface area contributed by atoms with Gasteiger partial charge in [-0.25, -0.2) is 4.98 Å². The Bertz CT molecular complexity index is 1060. The number of aliphatic hydroxyl groups is 2. The molecule has 1 aromatic heterocycles. The Labute approximate surface area is 203 Å². The summed E-state index contributed by atoms with van der Waals surface area (Å²) in [4.78, 5) is 9.36. The van der Waals surface area contributed by atoms with E-state index in [0.29, 0.717) is 26.1 Å². The third kappa shape index (κ3) is 4.68. The van der Waals surface area contributed by atoms with E-state index >= 15 is 0 Å². The largest absolute Gasteiger partial charge is 0.388 e. The molecule has 2 bridgehead atoms. The van der Waals surface area contributed by atoms with Crippen LogP contribution in [0.5, 0.6) is 0 Å². The maximum Gasteiger partial charge on any atom is 0.143 e. The highest BCUT2D eigenvalue weighted by Crippen LogP contribution is 2.36. The van der Waals surface area contributed by atoms with E-state index in [9.17, 15) is 10.2 Å². The lowest BCUT2D eigenvalue weighted by Crippen LogP contribution is -2.58. The van der Waals surface area contributed by atoms with E-state index in [-0.39, 0.29) is 12.0 Å². The minimum absolute atomic E-state index is 0.235. The molecule has 0 amide bonds. The van der Waals surface area contributed by atoms with Gasteiger partial charge in [-0.15, -0.1) is 0 Å². The monoisotopic (exact) mass is 511 g/mol. The van der Waals surface area contributed by atoms with Gasteiger partial charge in [0, 0.05) is 44.6 Å². The van der Waals surface area contributed by atoms with Crippen molar-refractivity contribution in [2.24, 2.45) is 5.92 Å². The number of halogens is 1. The van der Waals surface area contributed by atoms with Gasteiger partial charge in [0.25, 0.3) is 0 Å². The molecule has 174 valence electrons. The summed E-state index contributed by atoms with van der Waals surface area (Å²) in [5.74, 6) is 7.57. The van der Waals surface area contributed by atoms with E-state index in [1.54, 1.807) is 7.11 Å². The number of hydrogen-bond acceptors (Lipinski definition) is 6. The molecule has 0 spiro atoms. The van der Waals surface area contributed by atoms with E-state index < -0.39 is 11.7 Å². The van der Waals surface area contributed by atoms with Crippen molar-refractivity contribution in [3.8, 4) is 11.8 Å². The predicted molar refractivity (Wildman–Crippen MR) is 131 cm³/mol. The molecule has 4 aliphatic heterocycles. The summed E-state index contributed by atoms with van der Waals surface area (Å²) < 4.78 is 6.24. The first-order valence-electron chi connectivity index (χ1n) is 11.6. The highest BCUT2D eigenvalue weighted by Gasteiger charge is 2.44. The zero-order valence-corrected chi connectivity index (χ0v) is 20.5. The van der Waals surface area contributed by atoms with E-state index in [1.807, 2.05) is 24.3 Å². The summed E-state index contributed by atoms with van der Waals surface area (Å²) >= 11 is 3.69. The molecule has 4 saturated heterocycles. The molecule has 6 rings (SSSR count). The summed E-state index contributed by atoms with van der Waals surface area (Å²) in [6.07, 6.45) is 1.86. The number of benzene rings is 1. The lowest BCUT2D eigenvalue weighted by molar-refractivity contribution is -0.0713. The molecule has 1 aromatic carbocycles. The van der Waals surface area contributed by atoms with Crippen LogP contribution in [0.4, 0.5) is 5.82 Å². The quantitative estimate of drug-likeness (QED) is 0.614. The molecular weight excluding hydrogens is 482 g/mol. The standard InChI is InChI=1S/C26H30BrN3O3/c1-33-24-16-30(15-23(24)31)25-21(27)14-19(22(28-25)13-18-5-3-2-4-6-18)7-10-26(32)17-29-11-8-20(26)9-12-29/h2-6,14,20,23-24,31-32H,8-9,11-13,15-17H2,1H3/t23-,24-,26-/m1/s1. The first kappa shape index (κ1) is 22.8. The third-order valence-electron chi connectivity index (χ3n) is 7.23. The fourth-order valence-corrected chi connectivity index (χ4v) is 5.86. The van der Waals surface area contributed by atoms with Gasteiger partial charge < -0.3 is 19.8 Å². The molecule has 0 aliphatic carbocycles. The van der Waals surface area contributed by atoms with Crippen molar-refractivity contribution in [2.45, 2.75) is 37.1 Å². The van der Waals surface area contributed by atoms with Gasteiger partial charge >= 0.3 is 0 Å². The molecule has 0 radical (unpaired) electrons. The Morgan fingerprint density at radius 2 is 1.97 bits per heavy atom. The van der Waals surface area contributed by atoms with Gasteiger partial charge in [0.2, 0.25) is 0 Å². The summed E-state index contributed by atoms with van der Waals surface area (Å²) in [6, 6.07) is 12.2. The van der Waals surface area contributed by atoms with Gasteiger partial charge in [0.05, 0.1) is 16.3 Å². The molecule has 3 atom stereocenters. The van der Waals surface area contributed by atoms with Crippen molar-refractivity contribution in [1.82, 2.24) is 9.88 Å². The van der Waals surface area contributed by atoms with Crippen LogP contribution in [0.1, 0.15) is 29.7 Å². The van der Waals surface area contributed by atoms with Gasteiger partial charge in [-0.1, -0.05) is 42.2 Å². The second-order valence-electron chi connectivity index (χ2n) is 9.42. The molecule has 2 aromatic rings. The van der Waals surface area contributed by atoms with Crippen LogP contribution in [0.15, 0.2) is 40.9 Å². The number of ether oxygens (including phenoxy) is 1. The second kappa shape index (κ2) is 9.36. The lowest BCUT2D eigenvalue weighted by atomic mass is 9.75. The predicted octanol–water partition coefficient (Wildman–Crippen LogP) is 2.44. The number of aromatic nitrogens is 1. The van der Waals surface area contributed by atoms with Crippen LogP contribution in [0.3, 0.4) is 0 Å². The maximum atomic E-state index is 11.3. The minimum Gasteiger partial charge on any atom is -0.388 e. The number of hydrogen-bond donors (Lipinski definition) is 2. The summed E-state index contributed by atoms with van der Waals surface area (Å²) in [5, 5.41) is 21.6. The van der Waals surface area contributed by atoms with Gasteiger partial charge in [-0.2, -0.15) is 0 Å². The summed E-state index contributed by atoms with van der Waals surface area (Å²) in [6.45, 7) is 3.78.